The van der Waals surface area contributed by atoms with Crippen molar-refractivity contribution in [3.63, 3.8) is 0 Å². The molecule has 31 heavy (non-hydrogen) atoms. The Bertz CT molecular complexity index is 902. The van der Waals surface area contributed by atoms with Gasteiger partial charge < -0.3 is 9.64 Å². The summed E-state index contributed by atoms with van der Waals surface area (Å²) in [5.74, 6) is -0.314. The molecule has 0 heterocycles. The fourth-order valence-electron chi connectivity index (χ4n) is 2.96. The predicted octanol–water partition coefficient (Wildman–Crippen LogP) is 5.88. The highest BCUT2D eigenvalue weighted by Gasteiger charge is 2.04. The third kappa shape index (κ3) is 8.46. The van der Waals surface area contributed by atoms with E-state index in [-0.39, 0.29) is 11.7 Å². The van der Waals surface area contributed by atoms with E-state index < -0.39 is 4.92 Å². The first-order valence-corrected chi connectivity index (χ1v) is 10.4. The maximum Gasteiger partial charge on any atom is 0.333 e. The maximum absolute atomic E-state index is 11.3. The zero-order valence-corrected chi connectivity index (χ0v) is 18.3. The molecule has 164 valence electrons. The lowest BCUT2D eigenvalue weighted by Crippen LogP contribution is -2.18. The average molecular weight is 423 g/mol. The van der Waals surface area contributed by atoms with Crippen molar-refractivity contribution in [2.45, 2.75) is 32.6 Å². The molecule has 2 aromatic rings. The lowest BCUT2D eigenvalue weighted by molar-refractivity contribution is -0.384. The van der Waals surface area contributed by atoms with Crippen LogP contribution in [0.3, 0.4) is 0 Å². The summed E-state index contributed by atoms with van der Waals surface area (Å²) >= 11 is 0. The topological polar surface area (TPSA) is 72.7 Å². The van der Waals surface area contributed by atoms with E-state index in [0.717, 1.165) is 49.0 Å². The minimum absolute atomic E-state index is 0.0933. The van der Waals surface area contributed by atoms with Crippen molar-refractivity contribution in [2.24, 2.45) is 0 Å². The van der Waals surface area contributed by atoms with Gasteiger partial charge >= 0.3 is 5.97 Å². The smallest absolute Gasteiger partial charge is 0.333 e. The molecule has 0 unspecified atom stereocenters. The molecule has 0 N–H and O–H groups in total. The van der Waals surface area contributed by atoms with Crippen LogP contribution in [0.5, 0.6) is 0 Å². The van der Waals surface area contributed by atoms with Crippen LogP contribution in [-0.4, -0.2) is 31.1 Å². The number of nitro benzene ring substituents is 1. The van der Waals surface area contributed by atoms with Crippen LogP contribution in [0.1, 0.15) is 43.7 Å². The fourth-order valence-corrected chi connectivity index (χ4v) is 2.96. The number of unbranched alkanes of at least 4 members (excludes halogenated alkanes) is 3. The molecule has 6 heteroatoms. The first-order valence-electron chi connectivity index (χ1n) is 10.4. The molecule has 0 spiro atoms. The van der Waals surface area contributed by atoms with Crippen molar-refractivity contribution >= 4 is 29.5 Å². The number of carbonyl (C=O) groups is 1. The Hall–Kier alpha value is -3.41. The molecule has 0 aliphatic rings. The molecular weight excluding hydrogens is 392 g/mol. The summed E-state index contributed by atoms with van der Waals surface area (Å²) in [5.41, 5.74) is 3.68. The van der Waals surface area contributed by atoms with Gasteiger partial charge in [0.15, 0.2) is 0 Å². The summed E-state index contributed by atoms with van der Waals surface area (Å²) in [7, 11) is 2.08. The number of hydrogen-bond acceptors (Lipinski definition) is 5. The third-order valence-corrected chi connectivity index (χ3v) is 4.88. The number of rotatable bonds is 12. The van der Waals surface area contributed by atoms with Crippen LogP contribution in [-0.2, 0) is 9.53 Å². The van der Waals surface area contributed by atoms with E-state index in [1.807, 2.05) is 12.2 Å². The van der Waals surface area contributed by atoms with Gasteiger partial charge in [-0.3, -0.25) is 10.1 Å². The van der Waals surface area contributed by atoms with Gasteiger partial charge in [0.2, 0.25) is 0 Å². The minimum atomic E-state index is -0.398. The zero-order chi connectivity index (χ0) is 22.6. The van der Waals surface area contributed by atoms with Crippen LogP contribution >= 0.6 is 0 Å². The van der Waals surface area contributed by atoms with Crippen LogP contribution in [0.15, 0.2) is 60.7 Å². The number of non-ortho nitro benzene ring substituents is 1. The van der Waals surface area contributed by atoms with Crippen LogP contribution < -0.4 is 4.90 Å². The molecule has 0 radical (unpaired) electrons. The molecule has 2 rings (SSSR count). The zero-order valence-electron chi connectivity index (χ0n) is 18.3. The van der Waals surface area contributed by atoms with E-state index in [2.05, 4.69) is 42.8 Å². The molecule has 6 nitrogen and oxygen atoms in total. The molecule has 0 aliphatic carbocycles. The van der Waals surface area contributed by atoms with Crippen LogP contribution in [0, 0.1) is 10.1 Å². The van der Waals surface area contributed by atoms with Crippen molar-refractivity contribution in [3.8, 4) is 0 Å². The monoisotopic (exact) mass is 422 g/mol. The number of hydrogen-bond donors (Lipinski definition) is 0. The second kappa shape index (κ2) is 12.3. The average Bonchev–Trinajstić information content (AvgIpc) is 2.77. The highest BCUT2D eigenvalue weighted by Crippen LogP contribution is 2.18. The van der Waals surface area contributed by atoms with Gasteiger partial charge in [0.1, 0.15) is 0 Å². The predicted molar refractivity (Wildman–Crippen MR) is 126 cm³/mol. The Labute approximate surface area is 184 Å². The number of nitrogens with zero attached hydrogens (tertiary/aromatic N) is 2. The van der Waals surface area contributed by atoms with Gasteiger partial charge in [0, 0.05) is 37.0 Å². The van der Waals surface area contributed by atoms with Gasteiger partial charge in [-0.25, -0.2) is 4.79 Å². The number of esters is 1. The SMILES string of the molecule is C=C(C)C(=O)OCCCCCCN(C)c1ccc(C=Cc2ccc([N+](=O)[O-])cc2)cc1. The summed E-state index contributed by atoms with van der Waals surface area (Å²) in [4.78, 5) is 23.8. The van der Waals surface area contributed by atoms with Crippen LogP contribution in [0.4, 0.5) is 11.4 Å². The minimum Gasteiger partial charge on any atom is -0.462 e. The van der Waals surface area contributed by atoms with E-state index >= 15 is 0 Å². The molecule has 0 fully saturated rings. The summed E-state index contributed by atoms with van der Waals surface area (Å²) in [6.45, 7) is 6.63. The van der Waals surface area contributed by atoms with Gasteiger partial charge in [0.25, 0.3) is 5.69 Å². The Morgan fingerprint density at radius 3 is 2.10 bits per heavy atom. The molecule has 0 atom stereocenters. The fraction of sp³-hybridized carbons (Fsp3) is 0.320. The van der Waals surface area contributed by atoms with Crippen LogP contribution in [0.2, 0.25) is 0 Å². The quantitative estimate of drug-likeness (QED) is 0.107. The third-order valence-electron chi connectivity index (χ3n) is 4.88. The summed E-state index contributed by atoms with van der Waals surface area (Å²) < 4.78 is 5.09. The van der Waals surface area contributed by atoms with Gasteiger partial charge in [-0.1, -0.05) is 37.3 Å². The molecular formula is C25H30N2O4. The summed E-state index contributed by atoms with van der Waals surface area (Å²) in [6.07, 6.45) is 8.00. The highest BCUT2D eigenvalue weighted by molar-refractivity contribution is 5.86. The van der Waals surface area contributed by atoms with Crippen molar-refractivity contribution < 1.29 is 14.5 Å². The van der Waals surface area contributed by atoms with Gasteiger partial charge in [-0.05, 0) is 61.6 Å². The van der Waals surface area contributed by atoms with E-state index in [1.54, 1.807) is 19.1 Å². The molecule has 0 bridgehead atoms. The standard InChI is InChI=1S/C25H30N2O4/c1-20(2)25(28)31-19-7-5-4-6-18-26(3)23-14-10-21(11-15-23)8-9-22-12-16-24(17-13-22)27(29)30/h8-17H,1,4-7,18-19H2,2-3H3. The van der Waals surface area contributed by atoms with E-state index in [9.17, 15) is 14.9 Å². The first-order chi connectivity index (χ1) is 14.9. The molecule has 0 amide bonds. The number of ether oxygens (including phenoxy) is 1. The Morgan fingerprint density at radius 2 is 1.55 bits per heavy atom. The van der Waals surface area contributed by atoms with Crippen LogP contribution in [0.25, 0.3) is 12.2 Å². The molecule has 0 saturated carbocycles. The van der Waals surface area contributed by atoms with Gasteiger partial charge in [-0.15, -0.1) is 0 Å². The van der Waals surface area contributed by atoms with Crippen molar-refractivity contribution in [1.82, 2.24) is 0 Å². The lowest BCUT2D eigenvalue weighted by Gasteiger charge is -2.19. The van der Waals surface area contributed by atoms with Crippen molar-refractivity contribution in [1.29, 1.82) is 0 Å². The van der Waals surface area contributed by atoms with E-state index in [0.29, 0.717) is 12.2 Å². The summed E-state index contributed by atoms with van der Waals surface area (Å²) in [5, 5.41) is 10.7. The van der Waals surface area contributed by atoms with Crippen molar-refractivity contribution in [3.05, 3.63) is 81.9 Å². The van der Waals surface area contributed by atoms with E-state index in [1.165, 1.54) is 12.1 Å². The summed E-state index contributed by atoms with van der Waals surface area (Å²) in [6, 6.07) is 14.8. The Balaban J connectivity index is 1.71. The number of nitro groups is 1. The Morgan fingerprint density at radius 1 is 1.00 bits per heavy atom. The molecule has 0 aromatic heterocycles. The van der Waals surface area contributed by atoms with Gasteiger partial charge in [-0.2, -0.15) is 0 Å². The second-order valence-corrected chi connectivity index (χ2v) is 7.53. The number of anilines is 1. The maximum atomic E-state index is 11.3. The second-order valence-electron chi connectivity index (χ2n) is 7.53. The number of carbonyl (C=O) groups excluding carboxylic acids is 1. The molecule has 0 aliphatic heterocycles. The lowest BCUT2D eigenvalue weighted by atomic mass is 10.1. The largest absolute Gasteiger partial charge is 0.462 e. The highest BCUT2D eigenvalue weighted by atomic mass is 16.6. The first kappa shape index (κ1) is 23.9. The van der Waals surface area contributed by atoms with Crippen molar-refractivity contribution in [2.75, 3.05) is 25.1 Å². The molecule has 0 saturated heterocycles. The molecule has 2 aromatic carbocycles. The Kier molecular flexibility index (Phi) is 9.49. The van der Waals surface area contributed by atoms with E-state index in [4.69, 9.17) is 4.74 Å². The number of benzene rings is 2. The van der Waals surface area contributed by atoms with Gasteiger partial charge in [0.05, 0.1) is 11.5 Å². The normalized spacial score (nSPS) is 10.8.